The van der Waals surface area contributed by atoms with Crippen LogP contribution in [0.15, 0.2) is 24.4 Å². The van der Waals surface area contributed by atoms with E-state index in [0.29, 0.717) is 24.6 Å². The summed E-state index contributed by atoms with van der Waals surface area (Å²) < 4.78 is 18.2. The third-order valence-corrected chi connectivity index (χ3v) is 6.38. The lowest BCUT2D eigenvalue weighted by Crippen LogP contribution is -2.38. The summed E-state index contributed by atoms with van der Waals surface area (Å²) in [6, 6.07) is 0. The zero-order valence-corrected chi connectivity index (χ0v) is 19.9. The van der Waals surface area contributed by atoms with E-state index in [-0.39, 0.29) is 63.4 Å². The molecule has 0 aromatic carbocycles. The Morgan fingerprint density at radius 2 is 1.56 bits per heavy atom. The fourth-order valence-corrected chi connectivity index (χ4v) is 4.00. The van der Waals surface area contributed by atoms with Crippen LogP contribution in [0.1, 0.15) is 33.1 Å². The van der Waals surface area contributed by atoms with Gasteiger partial charge in [0.05, 0.1) is 12.6 Å². The quantitative estimate of drug-likeness (QED) is 0.139. The van der Waals surface area contributed by atoms with Gasteiger partial charge in [-0.2, -0.15) is 4.39 Å². The topological polar surface area (TPSA) is 146 Å². The molecule has 0 fully saturated rings. The van der Waals surface area contributed by atoms with Crippen LogP contribution in [0, 0.1) is 0 Å². The van der Waals surface area contributed by atoms with Crippen molar-refractivity contribution >= 4 is 51.2 Å². The van der Waals surface area contributed by atoms with Crippen LogP contribution in [-0.4, -0.2) is 72.9 Å². The molecule has 0 spiro atoms. The van der Waals surface area contributed by atoms with Gasteiger partial charge in [-0.05, 0) is 0 Å². The zero-order valence-electron chi connectivity index (χ0n) is 18.2. The molecule has 11 nitrogen and oxygen atoms in total. The number of esters is 1. The molecule has 0 aromatic heterocycles. The number of hydrogen-bond donors (Lipinski definition) is 4. The summed E-state index contributed by atoms with van der Waals surface area (Å²) in [5, 5.41) is 10.0. The fraction of sp³-hybridized carbons (Fsp3) is 0.550. The van der Waals surface area contributed by atoms with Crippen molar-refractivity contribution in [3.8, 4) is 0 Å². The van der Waals surface area contributed by atoms with E-state index in [0.717, 1.165) is 11.1 Å². The Hall–Kier alpha value is -2.74. The Balaban J connectivity index is 0.0000109. The SMILES string of the molecule is C.C=C1NC(=O)C(F)=CN1COC(=O)CCC(=O)NCCSSCCNC(=O)CCC(=O)NC. The van der Waals surface area contributed by atoms with Crippen molar-refractivity contribution in [3.63, 3.8) is 0 Å². The maximum Gasteiger partial charge on any atom is 0.308 e. The molecule has 0 saturated carbocycles. The fourth-order valence-electron chi connectivity index (χ4n) is 2.19. The molecule has 4 amide bonds. The van der Waals surface area contributed by atoms with Crippen LogP contribution in [0.25, 0.3) is 0 Å². The zero-order chi connectivity index (χ0) is 24.6. The normalized spacial score (nSPS) is 12.6. The lowest BCUT2D eigenvalue weighted by Gasteiger charge is -2.25. The monoisotopic (exact) mass is 521 g/mol. The first-order chi connectivity index (χ1) is 15.7. The Labute approximate surface area is 206 Å². The van der Waals surface area contributed by atoms with Crippen molar-refractivity contribution < 1.29 is 33.1 Å². The Morgan fingerprint density at radius 3 is 2.12 bits per heavy atom. The van der Waals surface area contributed by atoms with Gasteiger partial charge in [0.1, 0.15) is 5.82 Å². The van der Waals surface area contributed by atoms with E-state index in [4.69, 9.17) is 4.74 Å². The summed E-state index contributed by atoms with van der Waals surface area (Å²) >= 11 is 0. The molecule has 1 aliphatic rings. The second kappa shape index (κ2) is 17.7. The molecular weight excluding hydrogens is 489 g/mol. The van der Waals surface area contributed by atoms with E-state index in [9.17, 15) is 28.4 Å². The van der Waals surface area contributed by atoms with Gasteiger partial charge in [0.2, 0.25) is 23.5 Å². The van der Waals surface area contributed by atoms with E-state index in [1.165, 1.54) is 17.8 Å². The second-order valence-electron chi connectivity index (χ2n) is 6.51. The molecule has 1 heterocycles. The van der Waals surface area contributed by atoms with Crippen LogP contribution >= 0.6 is 21.6 Å². The Morgan fingerprint density at radius 1 is 1.03 bits per heavy atom. The molecule has 0 bridgehead atoms. The van der Waals surface area contributed by atoms with Crippen LogP contribution in [0.2, 0.25) is 0 Å². The number of amides is 4. The minimum atomic E-state index is -1.03. The predicted molar refractivity (Wildman–Crippen MR) is 129 cm³/mol. The highest BCUT2D eigenvalue weighted by molar-refractivity contribution is 8.76. The number of nitrogens with zero attached hydrogens (tertiary/aromatic N) is 1. The van der Waals surface area contributed by atoms with Gasteiger partial charge in [-0.1, -0.05) is 35.6 Å². The summed E-state index contributed by atoms with van der Waals surface area (Å²) in [6.45, 7) is 4.08. The van der Waals surface area contributed by atoms with Crippen molar-refractivity contribution in [2.45, 2.75) is 33.1 Å². The second-order valence-corrected chi connectivity index (χ2v) is 9.21. The summed E-state index contributed by atoms with van der Waals surface area (Å²) in [5.74, 6) is -1.85. The van der Waals surface area contributed by atoms with Gasteiger partial charge in [0.15, 0.2) is 6.73 Å². The summed E-state index contributed by atoms with van der Waals surface area (Å²) in [4.78, 5) is 58.3. The van der Waals surface area contributed by atoms with Gasteiger partial charge < -0.3 is 26.0 Å². The van der Waals surface area contributed by atoms with Gasteiger partial charge >= 0.3 is 5.97 Å². The maximum atomic E-state index is 13.3. The molecule has 1 rings (SSSR count). The first-order valence-electron chi connectivity index (χ1n) is 10.0. The molecule has 192 valence electrons. The number of rotatable bonds is 15. The van der Waals surface area contributed by atoms with Gasteiger partial charge in [0, 0.05) is 50.9 Å². The third-order valence-electron chi connectivity index (χ3n) is 3.97. The van der Waals surface area contributed by atoms with Gasteiger partial charge in [-0.15, -0.1) is 0 Å². The van der Waals surface area contributed by atoms with Crippen molar-refractivity contribution in [1.82, 2.24) is 26.2 Å². The number of carbonyl (C=O) groups excluding carboxylic acids is 5. The minimum absolute atomic E-state index is 0. The average molecular weight is 522 g/mol. The number of hydrogen-bond acceptors (Lipinski definition) is 9. The lowest BCUT2D eigenvalue weighted by molar-refractivity contribution is -0.148. The molecular formula is C20H32FN5O6S2. The van der Waals surface area contributed by atoms with Gasteiger partial charge in [-0.3, -0.25) is 28.9 Å². The Bertz CT molecular complexity index is 781. The van der Waals surface area contributed by atoms with Crippen LogP contribution in [0.3, 0.4) is 0 Å². The highest BCUT2D eigenvalue weighted by atomic mass is 33.1. The van der Waals surface area contributed by atoms with Crippen LogP contribution in [-0.2, 0) is 28.7 Å². The first kappa shape index (κ1) is 31.3. The van der Waals surface area contributed by atoms with Crippen molar-refractivity contribution in [2.24, 2.45) is 0 Å². The van der Waals surface area contributed by atoms with E-state index in [1.807, 2.05) is 0 Å². The largest absolute Gasteiger partial charge is 0.444 e. The number of carbonyl (C=O) groups is 5. The molecule has 0 saturated heterocycles. The number of nitrogens with one attached hydrogen (secondary N) is 4. The van der Waals surface area contributed by atoms with E-state index in [1.54, 1.807) is 10.8 Å². The standard InChI is InChI=1S/C19H28FN5O6S2.CH4/c1-13-24-19(30)14(20)11-25(13)12-31-18(29)6-5-17(28)23-8-10-33-32-9-7-22-16(27)4-3-15(26)21-2;/h11H,1,3-10,12H2,2H3,(H,21,26)(H,22,27)(H,23,28)(H,24,30);1H4. The number of halogens is 1. The molecule has 0 aliphatic carbocycles. The summed E-state index contributed by atoms with van der Waals surface area (Å²) in [7, 11) is 4.59. The predicted octanol–water partition coefficient (Wildman–Crippen LogP) is 0.757. The molecule has 0 radical (unpaired) electrons. The third kappa shape index (κ3) is 13.7. The summed E-state index contributed by atoms with van der Waals surface area (Å²) in [6.07, 6.45) is 0.982. The smallest absolute Gasteiger partial charge is 0.308 e. The van der Waals surface area contributed by atoms with E-state index < -0.39 is 17.7 Å². The molecule has 34 heavy (non-hydrogen) atoms. The number of ether oxygens (including phenoxy) is 1. The highest BCUT2D eigenvalue weighted by Gasteiger charge is 2.21. The first-order valence-corrected chi connectivity index (χ1v) is 12.5. The Kier molecular flexibility index (Phi) is 16.3. The van der Waals surface area contributed by atoms with Crippen molar-refractivity contribution in [3.05, 3.63) is 24.4 Å². The molecule has 4 N–H and O–H groups in total. The van der Waals surface area contributed by atoms with Crippen molar-refractivity contribution in [1.29, 1.82) is 0 Å². The van der Waals surface area contributed by atoms with Gasteiger partial charge in [0.25, 0.3) is 5.91 Å². The van der Waals surface area contributed by atoms with Crippen LogP contribution < -0.4 is 21.3 Å². The highest BCUT2D eigenvalue weighted by Crippen LogP contribution is 2.19. The minimum Gasteiger partial charge on any atom is -0.444 e. The summed E-state index contributed by atoms with van der Waals surface area (Å²) in [5.41, 5.74) is 0. The van der Waals surface area contributed by atoms with Crippen molar-refractivity contribution in [2.75, 3.05) is 38.4 Å². The van der Waals surface area contributed by atoms with Gasteiger partial charge in [-0.25, -0.2) is 0 Å². The molecule has 1 aliphatic heterocycles. The average Bonchev–Trinajstić information content (AvgIpc) is 2.79. The lowest BCUT2D eigenvalue weighted by atomic mass is 10.3. The van der Waals surface area contributed by atoms with E-state index >= 15 is 0 Å². The molecule has 0 aromatic rings. The molecule has 0 unspecified atom stereocenters. The van der Waals surface area contributed by atoms with E-state index in [2.05, 4.69) is 27.8 Å². The molecule has 0 atom stereocenters. The van der Waals surface area contributed by atoms with Crippen LogP contribution in [0.4, 0.5) is 4.39 Å². The maximum absolute atomic E-state index is 13.3. The van der Waals surface area contributed by atoms with Crippen LogP contribution in [0.5, 0.6) is 0 Å². The molecule has 14 heteroatoms.